The number of piperidine rings is 1. The number of hydrogen-bond acceptors (Lipinski definition) is 3. The molecule has 0 aliphatic carbocycles. The molecule has 1 aromatic heterocycles. The van der Waals surface area contributed by atoms with E-state index in [1.165, 1.54) is 25.9 Å². The number of rotatable bonds is 4. The molecule has 2 aromatic rings. The first-order chi connectivity index (χ1) is 9.74. The van der Waals surface area contributed by atoms with Crippen molar-refractivity contribution < 1.29 is 4.42 Å². The third-order valence-corrected chi connectivity index (χ3v) is 4.53. The lowest BCUT2D eigenvalue weighted by molar-refractivity contribution is 0.216. The molecule has 108 valence electrons. The van der Waals surface area contributed by atoms with E-state index in [4.69, 9.17) is 16.0 Å². The van der Waals surface area contributed by atoms with Crippen molar-refractivity contribution in [1.82, 2.24) is 10.2 Å². The van der Waals surface area contributed by atoms with Crippen molar-refractivity contribution in [2.24, 2.45) is 5.92 Å². The minimum absolute atomic E-state index is 0.516. The van der Waals surface area contributed by atoms with Gasteiger partial charge in [-0.05, 0) is 63.1 Å². The summed E-state index contributed by atoms with van der Waals surface area (Å²) in [5.74, 6) is 0.781. The highest BCUT2D eigenvalue weighted by molar-refractivity contribution is 6.30. The zero-order valence-corrected chi connectivity index (χ0v) is 12.6. The molecule has 0 radical (unpaired) electrons. The molecule has 0 bridgehead atoms. The maximum atomic E-state index is 6.19. The number of nitrogens with one attached hydrogen (secondary N) is 1. The van der Waals surface area contributed by atoms with Gasteiger partial charge in [-0.1, -0.05) is 18.2 Å². The molecule has 0 saturated carbocycles. The molecule has 0 atom stereocenters. The van der Waals surface area contributed by atoms with Crippen LogP contribution in [0.15, 0.2) is 28.7 Å². The van der Waals surface area contributed by atoms with Gasteiger partial charge in [0.2, 0.25) is 0 Å². The summed E-state index contributed by atoms with van der Waals surface area (Å²) in [5, 5.41) is 5.18. The van der Waals surface area contributed by atoms with Crippen LogP contribution in [-0.2, 0) is 6.54 Å². The molecule has 3 nitrogen and oxygen atoms in total. The van der Waals surface area contributed by atoms with Crippen LogP contribution in [0.1, 0.15) is 18.4 Å². The molecule has 3 rings (SSSR count). The number of benzene rings is 1. The smallest absolute Gasteiger partial charge is 0.199 e. The second kappa shape index (κ2) is 6.17. The van der Waals surface area contributed by atoms with E-state index in [0.29, 0.717) is 5.22 Å². The zero-order valence-electron chi connectivity index (χ0n) is 11.9. The van der Waals surface area contributed by atoms with Gasteiger partial charge in [0.25, 0.3) is 0 Å². The Kier molecular flexibility index (Phi) is 4.29. The van der Waals surface area contributed by atoms with Crippen LogP contribution in [-0.4, -0.2) is 31.6 Å². The van der Waals surface area contributed by atoms with Gasteiger partial charge in [0, 0.05) is 17.5 Å². The van der Waals surface area contributed by atoms with E-state index >= 15 is 0 Å². The second-order valence-corrected chi connectivity index (χ2v) is 6.07. The number of furan rings is 1. The van der Waals surface area contributed by atoms with Crippen LogP contribution < -0.4 is 5.32 Å². The average molecular weight is 293 g/mol. The molecular formula is C16H21ClN2O. The lowest BCUT2D eigenvalue weighted by Crippen LogP contribution is -2.34. The predicted octanol–water partition coefficient (Wildman–Crippen LogP) is 3.52. The number of likely N-dealkylation sites (tertiary alicyclic amines) is 1. The van der Waals surface area contributed by atoms with Gasteiger partial charge in [-0.3, -0.25) is 0 Å². The molecule has 1 saturated heterocycles. The lowest BCUT2D eigenvalue weighted by Gasteiger charge is -2.29. The van der Waals surface area contributed by atoms with Crippen LogP contribution in [0.4, 0.5) is 0 Å². The van der Waals surface area contributed by atoms with Gasteiger partial charge in [0.15, 0.2) is 5.22 Å². The van der Waals surface area contributed by atoms with Crippen molar-refractivity contribution in [1.29, 1.82) is 0 Å². The number of hydrogen-bond donors (Lipinski definition) is 1. The number of fused-ring (bicyclic) bond motifs is 1. The molecule has 1 aliphatic rings. The van der Waals surface area contributed by atoms with Gasteiger partial charge >= 0.3 is 0 Å². The van der Waals surface area contributed by atoms with Crippen LogP contribution in [0, 0.1) is 5.92 Å². The van der Waals surface area contributed by atoms with Crippen molar-refractivity contribution in [2.45, 2.75) is 19.4 Å². The zero-order chi connectivity index (χ0) is 13.9. The van der Waals surface area contributed by atoms with E-state index < -0.39 is 0 Å². The lowest BCUT2D eigenvalue weighted by atomic mass is 9.97. The molecule has 0 spiro atoms. The molecule has 0 amide bonds. The Bertz CT molecular complexity index is 573. The molecule has 1 fully saturated rings. The molecule has 1 N–H and O–H groups in total. The summed E-state index contributed by atoms with van der Waals surface area (Å²) >= 11 is 6.19. The molecular weight excluding hydrogens is 272 g/mol. The highest BCUT2D eigenvalue weighted by atomic mass is 35.5. The van der Waals surface area contributed by atoms with Gasteiger partial charge in [0.05, 0.1) is 0 Å². The van der Waals surface area contributed by atoms with Crippen LogP contribution in [0.5, 0.6) is 0 Å². The third-order valence-electron chi connectivity index (χ3n) is 4.22. The Morgan fingerprint density at radius 2 is 2.05 bits per heavy atom. The Labute approximate surface area is 124 Å². The molecule has 20 heavy (non-hydrogen) atoms. The highest BCUT2D eigenvalue weighted by Crippen LogP contribution is 2.29. The van der Waals surface area contributed by atoms with Gasteiger partial charge in [-0.25, -0.2) is 0 Å². The first-order valence-corrected chi connectivity index (χ1v) is 7.67. The summed E-state index contributed by atoms with van der Waals surface area (Å²) in [6.45, 7) is 4.26. The van der Waals surface area contributed by atoms with Crippen molar-refractivity contribution in [3.05, 3.63) is 35.0 Å². The highest BCUT2D eigenvalue weighted by Gasteiger charge is 2.17. The second-order valence-electron chi connectivity index (χ2n) is 5.73. The first-order valence-electron chi connectivity index (χ1n) is 7.29. The summed E-state index contributed by atoms with van der Waals surface area (Å²) in [6.07, 6.45) is 2.56. The molecule has 2 heterocycles. The van der Waals surface area contributed by atoms with E-state index in [2.05, 4.69) is 23.3 Å². The third kappa shape index (κ3) is 3.00. The molecule has 0 unspecified atom stereocenters. The van der Waals surface area contributed by atoms with Crippen molar-refractivity contribution >= 4 is 22.6 Å². The number of para-hydroxylation sites is 1. The average Bonchev–Trinajstić information content (AvgIpc) is 2.77. The SMILES string of the molecule is CN1CCC(CNCc2c(Cl)oc3ccccc23)CC1. The van der Waals surface area contributed by atoms with E-state index in [-0.39, 0.29) is 0 Å². The number of halogens is 1. The molecule has 1 aromatic carbocycles. The summed E-state index contributed by atoms with van der Waals surface area (Å²) in [4.78, 5) is 2.40. The van der Waals surface area contributed by atoms with E-state index in [1.54, 1.807) is 0 Å². The Balaban J connectivity index is 1.59. The standard InChI is InChI=1S/C16H21ClN2O/c1-19-8-6-12(7-9-19)10-18-11-14-13-4-2-3-5-15(13)20-16(14)17/h2-5,12,18H,6-11H2,1H3. The predicted molar refractivity (Wildman–Crippen MR) is 83.2 cm³/mol. The largest absolute Gasteiger partial charge is 0.444 e. The van der Waals surface area contributed by atoms with Crippen LogP contribution in [0.2, 0.25) is 5.22 Å². The summed E-state index contributed by atoms with van der Waals surface area (Å²) in [5.41, 5.74) is 1.95. The summed E-state index contributed by atoms with van der Waals surface area (Å²) in [6, 6.07) is 8.02. The van der Waals surface area contributed by atoms with E-state index in [9.17, 15) is 0 Å². The van der Waals surface area contributed by atoms with Gasteiger partial charge < -0.3 is 14.6 Å². The van der Waals surface area contributed by atoms with Crippen molar-refractivity contribution in [3.63, 3.8) is 0 Å². The Hall–Kier alpha value is -1.03. The van der Waals surface area contributed by atoms with Crippen LogP contribution in [0.25, 0.3) is 11.0 Å². The fourth-order valence-electron chi connectivity index (χ4n) is 2.90. The topological polar surface area (TPSA) is 28.4 Å². The molecule has 1 aliphatic heterocycles. The van der Waals surface area contributed by atoms with E-state index in [1.807, 2.05) is 18.2 Å². The van der Waals surface area contributed by atoms with Crippen LogP contribution >= 0.6 is 11.6 Å². The first kappa shape index (κ1) is 13.9. The summed E-state index contributed by atoms with van der Waals surface area (Å²) in [7, 11) is 2.20. The normalized spacial score (nSPS) is 17.9. The van der Waals surface area contributed by atoms with Gasteiger partial charge in [-0.2, -0.15) is 0 Å². The van der Waals surface area contributed by atoms with Crippen molar-refractivity contribution in [3.8, 4) is 0 Å². The quantitative estimate of drug-likeness (QED) is 0.935. The maximum absolute atomic E-state index is 6.19. The van der Waals surface area contributed by atoms with Crippen LogP contribution in [0.3, 0.4) is 0 Å². The molecule has 4 heteroatoms. The monoisotopic (exact) mass is 292 g/mol. The maximum Gasteiger partial charge on any atom is 0.199 e. The minimum Gasteiger partial charge on any atom is -0.444 e. The van der Waals surface area contributed by atoms with E-state index in [0.717, 1.165) is 35.5 Å². The van der Waals surface area contributed by atoms with Gasteiger partial charge in [-0.15, -0.1) is 0 Å². The summed E-state index contributed by atoms with van der Waals surface area (Å²) < 4.78 is 5.57. The number of nitrogens with zero attached hydrogens (tertiary/aromatic N) is 1. The Morgan fingerprint density at radius 3 is 2.85 bits per heavy atom. The minimum atomic E-state index is 0.516. The van der Waals surface area contributed by atoms with Gasteiger partial charge in [0.1, 0.15) is 5.58 Å². The Morgan fingerprint density at radius 1 is 1.30 bits per heavy atom. The van der Waals surface area contributed by atoms with Crippen molar-refractivity contribution in [2.75, 3.05) is 26.7 Å². The fourth-order valence-corrected chi connectivity index (χ4v) is 3.15. The fraction of sp³-hybridized carbons (Fsp3) is 0.500.